The number of ether oxygens (including phenoxy) is 1. The van der Waals surface area contributed by atoms with E-state index in [0.29, 0.717) is 17.1 Å². The summed E-state index contributed by atoms with van der Waals surface area (Å²) in [5, 5.41) is 6.52. The van der Waals surface area contributed by atoms with Crippen LogP contribution in [0, 0.1) is 13.8 Å². The summed E-state index contributed by atoms with van der Waals surface area (Å²) in [7, 11) is 1.54. The van der Waals surface area contributed by atoms with Gasteiger partial charge < -0.3 is 20.3 Å². The van der Waals surface area contributed by atoms with Crippen LogP contribution in [0.4, 0.5) is 11.4 Å². The standard InChI is InChI=1S/C14H17N3O3/c1-8-4-5-11(15)9(2)13(8)16-14(18)12-6-10(7-19-3)20-17-12/h4-6H,7,15H2,1-3H3,(H,16,18). The predicted molar refractivity (Wildman–Crippen MR) is 75.5 cm³/mol. The van der Waals surface area contributed by atoms with Gasteiger partial charge in [0.2, 0.25) is 0 Å². The second kappa shape index (κ2) is 5.75. The number of methoxy groups -OCH3 is 1. The molecule has 3 N–H and O–H groups in total. The molecule has 0 atom stereocenters. The van der Waals surface area contributed by atoms with Crippen molar-refractivity contribution in [2.24, 2.45) is 0 Å². The average molecular weight is 275 g/mol. The van der Waals surface area contributed by atoms with E-state index in [2.05, 4.69) is 10.5 Å². The Bertz CT molecular complexity index is 635. The summed E-state index contributed by atoms with van der Waals surface area (Å²) in [4.78, 5) is 12.1. The number of nitrogens with one attached hydrogen (secondary N) is 1. The quantitative estimate of drug-likeness (QED) is 0.835. The molecule has 2 rings (SSSR count). The van der Waals surface area contributed by atoms with Gasteiger partial charge >= 0.3 is 0 Å². The minimum atomic E-state index is -0.340. The Morgan fingerprint density at radius 2 is 2.20 bits per heavy atom. The van der Waals surface area contributed by atoms with Crippen LogP contribution in [-0.4, -0.2) is 18.2 Å². The Hall–Kier alpha value is -2.34. The minimum Gasteiger partial charge on any atom is -0.398 e. The molecule has 0 unspecified atom stereocenters. The van der Waals surface area contributed by atoms with Crippen molar-refractivity contribution in [3.63, 3.8) is 0 Å². The molecule has 1 aromatic carbocycles. The van der Waals surface area contributed by atoms with E-state index in [-0.39, 0.29) is 18.2 Å². The molecule has 0 aliphatic rings. The highest BCUT2D eigenvalue weighted by Gasteiger charge is 2.15. The van der Waals surface area contributed by atoms with E-state index in [4.69, 9.17) is 15.0 Å². The summed E-state index contributed by atoms with van der Waals surface area (Å²) in [5.41, 5.74) is 9.15. The molecule has 0 aliphatic carbocycles. The maximum atomic E-state index is 12.1. The molecule has 6 heteroatoms. The molecule has 0 bridgehead atoms. The third-order valence-corrected chi connectivity index (χ3v) is 3.03. The molecule has 0 saturated heterocycles. The number of hydrogen-bond acceptors (Lipinski definition) is 5. The van der Waals surface area contributed by atoms with Crippen LogP contribution >= 0.6 is 0 Å². The van der Waals surface area contributed by atoms with Crippen molar-refractivity contribution >= 4 is 17.3 Å². The number of carbonyl (C=O) groups is 1. The molecule has 0 saturated carbocycles. The van der Waals surface area contributed by atoms with Gasteiger partial charge in [0.25, 0.3) is 5.91 Å². The lowest BCUT2D eigenvalue weighted by molar-refractivity contribution is 0.101. The number of hydrogen-bond donors (Lipinski definition) is 2. The van der Waals surface area contributed by atoms with Crippen molar-refractivity contribution in [1.29, 1.82) is 0 Å². The van der Waals surface area contributed by atoms with Gasteiger partial charge in [0.15, 0.2) is 11.5 Å². The van der Waals surface area contributed by atoms with Crippen molar-refractivity contribution in [3.05, 3.63) is 40.8 Å². The van der Waals surface area contributed by atoms with Crippen LogP contribution in [0.1, 0.15) is 27.4 Å². The van der Waals surface area contributed by atoms with Crippen LogP contribution < -0.4 is 11.1 Å². The highest BCUT2D eigenvalue weighted by Crippen LogP contribution is 2.25. The summed E-state index contributed by atoms with van der Waals surface area (Å²) in [5.74, 6) is 0.159. The first-order valence-electron chi connectivity index (χ1n) is 6.14. The molecule has 1 amide bonds. The topological polar surface area (TPSA) is 90.4 Å². The lowest BCUT2D eigenvalue weighted by atomic mass is 10.1. The second-order valence-corrected chi connectivity index (χ2v) is 4.54. The van der Waals surface area contributed by atoms with Crippen LogP contribution in [0.2, 0.25) is 0 Å². The molecule has 106 valence electrons. The number of carbonyl (C=O) groups excluding carboxylic acids is 1. The summed E-state index contributed by atoms with van der Waals surface area (Å²) < 4.78 is 9.90. The number of nitrogens with two attached hydrogens (primary N) is 1. The van der Waals surface area contributed by atoms with E-state index in [1.807, 2.05) is 26.0 Å². The van der Waals surface area contributed by atoms with Crippen molar-refractivity contribution in [2.75, 3.05) is 18.2 Å². The van der Waals surface area contributed by atoms with Crippen LogP contribution in [0.15, 0.2) is 22.7 Å². The van der Waals surface area contributed by atoms with Gasteiger partial charge in [-0.05, 0) is 31.0 Å². The highest BCUT2D eigenvalue weighted by atomic mass is 16.5. The first-order valence-corrected chi connectivity index (χ1v) is 6.14. The maximum absolute atomic E-state index is 12.1. The van der Waals surface area contributed by atoms with Crippen molar-refractivity contribution in [3.8, 4) is 0 Å². The zero-order valence-corrected chi connectivity index (χ0v) is 11.7. The number of nitrogens with zero attached hydrogens (tertiary/aromatic N) is 1. The normalized spacial score (nSPS) is 10.6. The first kappa shape index (κ1) is 14.1. The fourth-order valence-electron chi connectivity index (χ4n) is 1.86. The second-order valence-electron chi connectivity index (χ2n) is 4.54. The summed E-state index contributed by atoms with van der Waals surface area (Å²) >= 11 is 0. The van der Waals surface area contributed by atoms with Gasteiger partial charge in [0.05, 0.1) is 0 Å². The van der Waals surface area contributed by atoms with E-state index in [9.17, 15) is 4.79 Å². The fourth-order valence-corrected chi connectivity index (χ4v) is 1.86. The molecular formula is C14H17N3O3. The summed E-state index contributed by atoms with van der Waals surface area (Å²) in [6.07, 6.45) is 0. The molecule has 2 aromatic rings. The summed E-state index contributed by atoms with van der Waals surface area (Å²) in [6.45, 7) is 4.04. The molecule has 1 heterocycles. The number of benzene rings is 1. The van der Waals surface area contributed by atoms with Crippen LogP contribution in [0.5, 0.6) is 0 Å². The Morgan fingerprint density at radius 3 is 2.90 bits per heavy atom. The smallest absolute Gasteiger partial charge is 0.277 e. The Labute approximate surface area is 116 Å². The number of amides is 1. The summed E-state index contributed by atoms with van der Waals surface area (Å²) in [6, 6.07) is 5.22. The van der Waals surface area contributed by atoms with Crippen molar-refractivity contribution < 1.29 is 14.1 Å². The fraction of sp³-hybridized carbons (Fsp3) is 0.286. The lowest BCUT2D eigenvalue weighted by Gasteiger charge is -2.12. The zero-order valence-electron chi connectivity index (χ0n) is 11.7. The van der Waals surface area contributed by atoms with E-state index in [1.165, 1.54) is 0 Å². The van der Waals surface area contributed by atoms with Gasteiger partial charge in [0, 0.05) is 24.6 Å². The molecule has 0 radical (unpaired) electrons. The van der Waals surface area contributed by atoms with Crippen LogP contribution in [-0.2, 0) is 11.3 Å². The van der Waals surface area contributed by atoms with Gasteiger partial charge in [-0.25, -0.2) is 0 Å². The third kappa shape index (κ3) is 2.80. The number of aryl methyl sites for hydroxylation is 1. The zero-order chi connectivity index (χ0) is 14.7. The van der Waals surface area contributed by atoms with E-state index in [0.717, 1.165) is 11.1 Å². The first-order chi connectivity index (χ1) is 9.52. The number of nitrogen functional groups attached to an aromatic ring is 1. The van der Waals surface area contributed by atoms with Gasteiger partial charge in [0.1, 0.15) is 6.61 Å². The molecule has 0 fully saturated rings. The number of rotatable bonds is 4. The molecule has 20 heavy (non-hydrogen) atoms. The van der Waals surface area contributed by atoms with Gasteiger partial charge in [-0.3, -0.25) is 4.79 Å². The maximum Gasteiger partial charge on any atom is 0.277 e. The van der Waals surface area contributed by atoms with Crippen molar-refractivity contribution in [1.82, 2.24) is 5.16 Å². The van der Waals surface area contributed by atoms with Crippen LogP contribution in [0.25, 0.3) is 0 Å². The van der Waals surface area contributed by atoms with Gasteiger partial charge in [-0.15, -0.1) is 0 Å². The molecule has 6 nitrogen and oxygen atoms in total. The lowest BCUT2D eigenvalue weighted by Crippen LogP contribution is -2.14. The van der Waals surface area contributed by atoms with E-state index >= 15 is 0 Å². The molecule has 0 aliphatic heterocycles. The number of anilines is 2. The molecule has 0 spiro atoms. The number of aromatic nitrogens is 1. The minimum absolute atomic E-state index is 0.207. The van der Waals surface area contributed by atoms with Gasteiger partial charge in [-0.2, -0.15) is 0 Å². The monoisotopic (exact) mass is 275 g/mol. The average Bonchev–Trinajstić information content (AvgIpc) is 2.88. The largest absolute Gasteiger partial charge is 0.398 e. The molecule has 1 aromatic heterocycles. The van der Waals surface area contributed by atoms with E-state index < -0.39 is 0 Å². The highest BCUT2D eigenvalue weighted by molar-refractivity contribution is 6.04. The SMILES string of the molecule is COCc1cc(C(=O)Nc2c(C)ccc(N)c2C)no1. The Kier molecular flexibility index (Phi) is 4.05. The molecular weight excluding hydrogens is 258 g/mol. The third-order valence-electron chi connectivity index (χ3n) is 3.03. The Morgan fingerprint density at radius 1 is 1.45 bits per heavy atom. The predicted octanol–water partition coefficient (Wildman–Crippen LogP) is 2.27. The van der Waals surface area contributed by atoms with E-state index in [1.54, 1.807) is 13.2 Å². The Balaban J connectivity index is 2.21. The van der Waals surface area contributed by atoms with Gasteiger partial charge in [-0.1, -0.05) is 11.2 Å². The van der Waals surface area contributed by atoms with Crippen molar-refractivity contribution in [2.45, 2.75) is 20.5 Å². The van der Waals surface area contributed by atoms with Crippen LogP contribution in [0.3, 0.4) is 0 Å².